The molecule has 0 bridgehead atoms. The summed E-state index contributed by atoms with van der Waals surface area (Å²) in [4.78, 5) is 1.33. The number of rotatable bonds is 5. The van der Waals surface area contributed by atoms with Crippen LogP contribution in [0.15, 0.2) is 16.6 Å². The van der Waals surface area contributed by atoms with Gasteiger partial charge in [-0.05, 0) is 45.2 Å². The second-order valence-electron chi connectivity index (χ2n) is 6.18. The van der Waals surface area contributed by atoms with Crippen LogP contribution in [0.3, 0.4) is 0 Å². The normalized spacial score (nSPS) is 24.3. The van der Waals surface area contributed by atoms with E-state index in [0.29, 0.717) is 23.1 Å². The Bertz CT molecular complexity index is 482. The Morgan fingerprint density at radius 3 is 2.36 bits per heavy atom. The van der Waals surface area contributed by atoms with Crippen molar-refractivity contribution in [3.05, 3.63) is 28.2 Å². The molecule has 1 heterocycles. The second-order valence-corrected chi connectivity index (χ2v) is 7.09. The van der Waals surface area contributed by atoms with Crippen LogP contribution in [0.5, 0.6) is 5.75 Å². The van der Waals surface area contributed by atoms with Crippen molar-refractivity contribution in [1.82, 2.24) is 0 Å². The second kappa shape index (κ2) is 7.70. The maximum absolute atomic E-state index is 13.7. The summed E-state index contributed by atoms with van der Waals surface area (Å²) in [7, 11) is 0. The lowest BCUT2D eigenvalue weighted by molar-refractivity contribution is -0.954. The van der Waals surface area contributed by atoms with Gasteiger partial charge in [0.05, 0.1) is 12.1 Å². The highest BCUT2D eigenvalue weighted by Crippen LogP contribution is 2.25. The molecular weight excluding hydrogens is 356 g/mol. The molecule has 0 aliphatic carbocycles. The number of benzene rings is 1. The summed E-state index contributed by atoms with van der Waals surface area (Å²) in [5, 5.41) is 10.1. The monoisotopic (exact) mass is 378 g/mol. The zero-order chi connectivity index (χ0) is 16.3. The first kappa shape index (κ1) is 17.6. The number of hydrogen-bond donors (Lipinski definition) is 2. The largest absolute Gasteiger partial charge is 0.485 e. The first-order valence-electron chi connectivity index (χ1n) is 7.69. The van der Waals surface area contributed by atoms with Gasteiger partial charge in [0.15, 0.2) is 17.4 Å². The number of ether oxygens (including phenoxy) is 1. The van der Waals surface area contributed by atoms with E-state index in [0.717, 1.165) is 25.0 Å². The van der Waals surface area contributed by atoms with E-state index >= 15 is 0 Å². The van der Waals surface area contributed by atoms with E-state index in [4.69, 9.17) is 4.74 Å². The van der Waals surface area contributed by atoms with E-state index in [2.05, 4.69) is 29.8 Å². The number of piperidine rings is 1. The third-order valence-corrected chi connectivity index (χ3v) is 4.85. The lowest BCUT2D eigenvalue weighted by Gasteiger charge is -2.36. The van der Waals surface area contributed by atoms with Gasteiger partial charge < -0.3 is 14.7 Å². The van der Waals surface area contributed by atoms with Crippen LogP contribution in [0.1, 0.15) is 33.1 Å². The van der Waals surface area contributed by atoms with Crippen LogP contribution in [0.4, 0.5) is 8.78 Å². The lowest BCUT2D eigenvalue weighted by atomic mass is 9.97. The number of quaternary nitrogens is 1. The summed E-state index contributed by atoms with van der Waals surface area (Å²) < 4.78 is 32.8. The molecule has 2 N–H and O–H groups in total. The number of likely N-dealkylation sites (tertiary alicyclic amines) is 1. The molecule has 1 aliphatic heterocycles. The summed E-state index contributed by atoms with van der Waals surface area (Å²) in [5.41, 5.74) is 0. The van der Waals surface area contributed by atoms with Gasteiger partial charge in [-0.3, -0.25) is 0 Å². The van der Waals surface area contributed by atoms with Crippen LogP contribution in [0.25, 0.3) is 0 Å². The van der Waals surface area contributed by atoms with Crippen LogP contribution < -0.4 is 9.64 Å². The third kappa shape index (κ3) is 4.40. The number of nitrogens with one attached hydrogen (secondary N) is 1. The Kier molecular flexibility index (Phi) is 6.17. The third-order valence-electron chi connectivity index (χ3n) is 4.39. The van der Waals surface area contributed by atoms with Gasteiger partial charge in [0.2, 0.25) is 0 Å². The molecule has 0 radical (unpaired) electrons. The van der Waals surface area contributed by atoms with E-state index in [-0.39, 0.29) is 6.61 Å². The fraction of sp³-hybridized carbons (Fsp3) is 0.625. The van der Waals surface area contributed by atoms with E-state index < -0.39 is 23.5 Å². The number of hydrogen-bond acceptors (Lipinski definition) is 2. The smallest absolute Gasteiger partial charge is 0.190 e. The van der Waals surface area contributed by atoms with Crippen LogP contribution in [0, 0.1) is 11.6 Å². The molecule has 3 atom stereocenters. The molecule has 2 rings (SSSR count). The minimum absolute atomic E-state index is 0.113. The fourth-order valence-electron chi connectivity index (χ4n) is 3.17. The van der Waals surface area contributed by atoms with Crippen molar-refractivity contribution in [2.45, 2.75) is 51.3 Å². The quantitative estimate of drug-likeness (QED) is 0.824. The van der Waals surface area contributed by atoms with Gasteiger partial charge in [-0.1, -0.05) is 15.9 Å². The van der Waals surface area contributed by atoms with E-state index in [9.17, 15) is 13.9 Å². The standard InChI is InChI=1S/C16H22BrF2NO2/c1-10-4-3-5-11(2)20(10)8-13(21)9-22-16-14(18)6-12(17)7-15(16)19/h6-7,10-11,13,21H,3-5,8-9H2,1-2H3/p+1/t10-,11-,13+/m1/s1. The Morgan fingerprint density at radius 1 is 1.27 bits per heavy atom. The lowest BCUT2D eigenvalue weighted by Crippen LogP contribution is -3.20. The van der Waals surface area contributed by atoms with E-state index in [1.807, 2.05) is 0 Å². The summed E-state index contributed by atoms with van der Waals surface area (Å²) in [5.74, 6) is -1.98. The molecule has 22 heavy (non-hydrogen) atoms. The molecule has 1 aromatic rings. The average molecular weight is 379 g/mol. The Morgan fingerprint density at radius 2 is 1.82 bits per heavy atom. The zero-order valence-corrected chi connectivity index (χ0v) is 14.5. The Balaban J connectivity index is 1.91. The molecule has 6 heteroatoms. The molecule has 0 aromatic heterocycles. The van der Waals surface area contributed by atoms with Crippen molar-refractivity contribution >= 4 is 15.9 Å². The van der Waals surface area contributed by atoms with Gasteiger partial charge in [-0.15, -0.1) is 0 Å². The van der Waals surface area contributed by atoms with Crippen LogP contribution in [-0.4, -0.2) is 36.4 Å². The van der Waals surface area contributed by atoms with Gasteiger partial charge in [0.1, 0.15) is 19.3 Å². The maximum Gasteiger partial charge on any atom is 0.190 e. The van der Waals surface area contributed by atoms with E-state index in [1.54, 1.807) is 0 Å². The molecule has 1 aromatic carbocycles. The topological polar surface area (TPSA) is 33.9 Å². The van der Waals surface area contributed by atoms with Gasteiger partial charge >= 0.3 is 0 Å². The summed E-state index contributed by atoms with van der Waals surface area (Å²) in [6.45, 7) is 4.76. The highest BCUT2D eigenvalue weighted by Gasteiger charge is 2.30. The van der Waals surface area contributed by atoms with Crippen molar-refractivity contribution in [1.29, 1.82) is 0 Å². The van der Waals surface area contributed by atoms with Crippen LogP contribution >= 0.6 is 15.9 Å². The molecule has 0 saturated carbocycles. The van der Waals surface area contributed by atoms with Crippen molar-refractivity contribution < 1.29 is 23.5 Å². The van der Waals surface area contributed by atoms with Gasteiger partial charge in [0.25, 0.3) is 0 Å². The summed E-state index contributed by atoms with van der Waals surface area (Å²) >= 11 is 3.02. The summed E-state index contributed by atoms with van der Waals surface area (Å²) in [6, 6.07) is 3.26. The molecule has 0 amide bonds. The van der Waals surface area contributed by atoms with Crippen molar-refractivity contribution in [2.75, 3.05) is 13.2 Å². The SMILES string of the molecule is C[C@@H]1CCC[C@@H](C)[NH+]1C[C@H](O)COc1c(F)cc(Br)cc1F. The molecule has 124 valence electrons. The van der Waals surface area contributed by atoms with Crippen molar-refractivity contribution in [3.8, 4) is 5.75 Å². The van der Waals surface area contributed by atoms with Crippen molar-refractivity contribution in [3.63, 3.8) is 0 Å². The van der Waals surface area contributed by atoms with Crippen LogP contribution in [-0.2, 0) is 0 Å². The van der Waals surface area contributed by atoms with E-state index in [1.165, 1.54) is 11.3 Å². The molecule has 0 spiro atoms. The van der Waals surface area contributed by atoms with Gasteiger partial charge in [-0.2, -0.15) is 0 Å². The van der Waals surface area contributed by atoms with Crippen molar-refractivity contribution in [2.24, 2.45) is 0 Å². The Labute approximate surface area is 138 Å². The molecule has 1 aliphatic rings. The van der Waals surface area contributed by atoms with Crippen LogP contribution in [0.2, 0.25) is 0 Å². The number of aliphatic hydroxyl groups excluding tert-OH is 1. The first-order valence-corrected chi connectivity index (χ1v) is 8.48. The molecule has 1 fully saturated rings. The minimum atomic E-state index is -0.772. The molecule has 1 saturated heterocycles. The molecule has 3 nitrogen and oxygen atoms in total. The zero-order valence-electron chi connectivity index (χ0n) is 12.9. The number of aliphatic hydroxyl groups is 1. The fourth-order valence-corrected chi connectivity index (χ4v) is 3.57. The maximum atomic E-state index is 13.7. The van der Waals surface area contributed by atoms with Gasteiger partial charge in [-0.25, -0.2) is 8.78 Å². The molecular formula is C16H23BrF2NO2+. The minimum Gasteiger partial charge on any atom is -0.485 e. The Hall–Kier alpha value is -0.720. The highest BCUT2D eigenvalue weighted by molar-refractivity contribution is 9.10. The number of halogens is 3. The highest BCUT2D eigenvalue weighted by atomic mass is 79.9. The van der Waals surface area contributed by atoms with Gasteiger partial charge in [0, 0.05) is 4.47 Å². The first-order chi connectivity index (χ1) is 10.4. The predicted molar refractivity (Wildman–Crippen MR) is 84.2 cm³/mol. The summed E-state index contributed by atoms with van der Waals surface area (Å²) in [6.07, 6.45) is 2.75. The average Bonchev–Trinajstić information content (AvgIpc) is 2.42. The molecule has 0 unspecified atom stereocenters. The predicted octanol–water partition coefficient (Wildman–Crippen LogP) is 2.31.